The molecule has 0 radical (unpaired) electrons. The van der Waals surface area contributed by atoms with Crippen molar-refractivity contribution in [3.63, 3.8) is 0 Å². The summed E-state index contributed by atoms with van der Waals surface area (Å²) < 4.78 is 15.0. The molecule has 1 heterocycles. The third kappa shape index (κ3) is 3.66. The van der Waals surface area contributed by atoms with Crippen LogP contribution in [0.2, 0.25) is 0 Å². The van der Waals surface area contributed by atoms with Crippen molar-refractivity contribution in [2.24, 2.45) is 5.10 Å². The fourth-order valence-corrected chi connectivity index (χ4v) is 2.72. The number of hydrazone groups is 1. The largest absolute Gasteiger partial charge is 0.318 e. The molecular formula is C20H18FN3O. The van der Waals surface area contributed by atoms with E-state index >= 15 is 0 Å². The lowest BCUT2D eigenvalue weighted by molar-refractivity contribution is 0.0955. The van der Waals surface area contributed by atoms with Gasteiger partial charge in [-0.2, -0.15) is 5.10 Å². The molecule has 2 aromatic carbocycles. The number of hydrogen-bond acceptors (Lipinski definition) is 2. The SMILES string of the molecule is Cc1cc(C=NNC(=O)c2ccc(F)cc2)c(C)n1-c1ccccc1. The Balaban J connectivity index is 1.76. The Morgan fingerprint density at radius 2 is 1.76 bits per heavy atom. The summed E-state index contributed by atoms with van der Waals surface area (Å²) in [5, 5.41) is 4.02. The van der Waals surface area contributed by atoms with Gasteiger partial charge < -0.3 is 4.57 Å². The topological polar surface area (TPSA) is 46.4 Å². The minimum absolute atomic E-state index is 0.355. The van der Waals surface area contributed by atoms with E-state index in [9.17, 15) is 9.18 Å². The lowest BCUT2D eigenvalue weighted by Gasteiger charge is -2.08. The molecule has 0 bridgehead atoms. The van der Waals surface area contributed by atoms with Crippen molar-refractivity contribution in [2.45, 2.75) is 13.8 Å². The zero-order valence-electron chi connectivity index (χ0n) is 14.0. The van der Waals surface area contributed by atoms with Crippen LogP contribution in [0.15, 0.2) is 65.8 Å². The predicted molar refractivity (Wildman–Crippen MR) is 96.7 cm³/mol. The van der Waals surface area contributed by atoms with Gasteiger partial charge in [0.2, 0.25) is 0 Å². The van der Waals surface area contributed by atoms with E-state index in [0.717, 1.165) is 22.6 Å². The zero-order chi connectivity index (χ0) is 17.8. The molecule has 4 nitrogen and oxygen atoms in total. The average Bonchev–Trinajstić information content (AvgIpc) is 2.90. The summed E-state index contributed by atoms with van der Waals surface area (Å²) in [7, 11) is 0. The second-order valence-corrected chi connectivity index (χ2v) is 5.70. The highest BCUT2D eigenvalue weighted by Crippen LogP contribution is 2.19. The summed E-state index contributed by atoms with van der Waals surface area (Å²) in [4.78, 5) is 12.0. The summed E-state index contributed by atoms with van der Waals surface area (Å²) in [6, 6.07) is 17.4. The van der Waals surface area contributed by atoms with Crippen LogP contribution in [-0.4, -0.2) is 16.7 Å². The number of hydrogen-bond donors (Lipinski definition) is 1. The number of amides is 1. The monoisotopic (exact) mass is 335 g/mol. The van der Waals surface area contributed by atoms with E-state index in [-0.39, 0.29) is 11.7 Å². The molecule has 3 aromatic rings. The predicted octanol–water partition coefficient (Wildman–Crippen LogP) is 4.00. The third-order valence-electron chi connectivity index (χ3n) is 3.96. The molecule has 0 atom stereocenters. The van der Waals surface area contributed by atoms with Crippen LogP contribution in [0.5, 0.6) is 0 Å². The van der Waals surface area contributed by atoms with Gasteiger partial charge in [0.05, 0.1) is 6.21 Å². The number of halogens is 1. The van der Waals surface area contributed by atoms with Crippen molar-refractivity contribution < 1.29 is 9.18 Å². The number of carbonyl (C=O) groups excluding carboxylic acids is 1. The number of nitrogens with one attached hydrogen (secondary N) is 1. The fraction of sp³-hybridized carbons (Fsp3) is 0.100. The maximum atomic E-state index is 12.9. The van der Waals surface area contributed by atoms with Crippen molar-refractivity contribution in [3.8, 4) is 5.69 Å². The lowest BCUT2D eigenvalue weighted by Crippen LogP contribution is -2.17. The first-order chi connectivity index (χ1) is 12.1. The van der Waals surface area contributed by atoms with Crippen LogP contribution in [0.1, 0.15) is 27.3 Å². The minimum Gasteiger partial charge on any atom is -0.318 e. The number of aromatic nitrogens is 1. The van der Waals surface area contributed by atoms with Gasteiger partial charge in [-0.05, 0) is 56.3 Å². The van der Waals surface area contributed by atoms with Gasteiger partial charge in [-0.3, -0.25) is 4.79 Å². The number of nitrogens with zero attached hydrogens (tertiary/aromatic N) is 2. The molecule has 0 aliphatic carbocycles. The first-order valence-corrected chi connectivity index (χ1v) is 7.89. The molecule has 126 valence electrons. The van der Waals surface area contributed by atoms with E-state index in [2.05, 4.69) is 15.1 Å². The van der Waals surface area contributed by atoms with Gasteiger partial charge in [-0.25, -0.2) is 9.82 Å². The standard InChI is InChI=1S/C20H18FN3O/c1-14-12-17(15(2)24(14)19-6-4-3-5-7-19)13-22-23-20(25)16-8-10-18(21)11-9-16/h3-13H,1-2H3,(H,23,25). The van der Waals surface area contributed by atoms with Gasteiger partial charge in [0.1, 0.15) is 5.82 Å². The highest BCUT2D eigenvalue weighted by molar-refractivity contribution is 5.95. The van der Waals surface area contributed by atoms with Gasteiger partial charge in [0.15, 0.2) is 0 Å². The van der Waals surface area contributed by atoms with Crippen molar-refractivity contribution in [2.75, 3.05) is 0 Å². The van der Waals surface area contributed by atoms with Crippen LogP contribution in [0.4, 0.5) is 4.39 Å². The molecule has 25 heavy (non-hydrogen) atoms. The quantitative estimate of drug-likeness (QED) is 0.568. The Kier molecular flexibility index (Phi) is 4.75. The molecule has 0 spiro atoms. The second kappa shape index (κ2) is 7.13. The molecular weight excluding hydrogens is 317 g/mol. The molecule has 0 saturated carbocycles. The molecule has 0 saturated heterocycles. The first-order valence-electron chi connectivity index (χ1n) is 7.89. The van der Waals surface area contributed by atoms with E-state index in [1.54, 1.807) is 6.21 Å². The van der Waals surface area contributed by atoms with E-state index in [1.807, 2.05) is 50.2 Å². The van der Waals surface area contributed by atoms with Crippen LogP contribution in [0.25, 0.3) is 5.69 Å². The summed E-state index contributed by atoms with van der Waals surface area (Å²) >= 11 is 0. The number of carbonyl (C=O) groups is 1. The molecule has 0 unspecified atom stereocenters. The fourth-order valence-electron chi connectivity index (χ4n) is 2.72. The molecule has 5 heteroatoms. The summed E-state index contributed by atoms with van der Waals surface area (Å²) in [5.41, 5.74) is 6.92. The number of para-hydroxylation sites is 1. The Hall–Kier alpha value is -3.21. The molecule has 0 aliphatic rings. The molecule has 0 fully saturated rings. The van der Waals surface area contributed by atoms with Gasteiger partial charge >= 0.3 is 0 Å². The van der Waals surface area contributed by atoms with E-state index < -0.39 is 0 Å². The van der Waals surface area contributed by atoms with Crippen molar-refractivity contribution in [1.82, 2.24) is 9.99 Å². The van der Waals surface area contributed by atoms with Crippen LogP contribution >= 0.6 is 0 Å². The highest BCUT2D eigenvalue weighted by atomic mass is 19.1. The van der Waals surface area contributed by atoms with Crippen LogP contribution in [0.3, 0.4) is 0 Å². The maximum absolute atomic E-state index is 12.9. The van der Waals surface area contributed by atoms with Gasteiger partial charge in [0, 0.05) is 28.2 Å². The smallest absolute Gasteiger partial charge is 0.271 e. The van der Waals surface area contributed by atoms with Crippen molar-refractivity contribution in [3.05, 3.63) is 89.0 Å². The molecule has 1 N–H and O–H groups in total. The van der Waals surface area contributed by atoms with Crippen molar-refractivity contribution in [1.29, 1.82) is 0 Å². The summed E-state index contributed by atoms with van der Waals surface area (Å²) in [6.45, 7) is 4.03. The minimum atomic E-state index is -0.381. The molecule has 0 aliphatic heterocycles. The second-order valence-electron chi connectivity index (χ2n) is 5.70. The Labute approximate surface area is 145 Å². The number of aryl methyl sites for hydroxylation is 1. The molecule has 1 amide bonds. The van der Waals surface area contributed by atoms with Crippen LogP contribution in [0, 0.1) is 19.7 Å². The van der Waals surface area contributed by atoms with E-state index in [4.69, 9.17) is 0 Å². The Morgan fingerprint density at radius 1 is 1.08 bits per heavy atom. The third-order valence-corrected chi connectivity index (χ3v) is 3.96. The zero-order valence-corrected chi connectivity index (χ0v) is 14.0. The normalized spacial score (nSPS) is 11.0. The van der Waals surface area contributed by atoms with Gasteiger partial charge in [-0.1, -0.05) is 18.2 Å². The maximum Gasteiger partial charge on any atom is 0.271 e. The van der Waals surface area contributed by atoms with Crippen molar-refractivity contribution >= 4 is 12.1 Å². The summed E-state index contributed by atoms with van der Waals surface area (Å²) in [6.07, 6.45) is 1.61. The van der Waals surface area contributed by atoms with Gasteiger partial charge in [-0.15, -0.1) is 0 Å². The van der Waals surface area contributed by atoms with Gasteiger partial charge in [0.25, 0.3) is 5.91 Å². The Bertz CT molecular complexity index is 912. The molecule has 3 rings (SSSR count). The number of rotatable bonds is 4. The van der Waals surface area contributed by atoms with Crippen LogP contribution < -0.4 is 5.43 Å². The van der Waals surface area contributed by atoms with Crippen LogP contribution in [-0.2, 0) is 0 Å². The number of benzene rings is 2. The van der Waals surface area contributed by atoms with E-state index in [0.29, 0.717) is 5.56 Å². The average molecular weight is 335 g/mol. The first kappa shape index (κ1) is 16.6. The van der Waals surface area contributed by atoms with E-state index in [1.165, 1.54) is 24.3 Å². The highest BCUT2D eigenvalue weighted by Gasteiger charge is 2.09. The summed E-state index contributed by atoms with van der Waals surface area (Å²) in [5.74, 6) is -0.762. The molecule has 1 aromatic heterocycles. The Morgan fingerprint density at radius 3 is 2.44 bits per heavy atom. The lowest BCUT2D eigenvalue weighted by atomic mass is 10.2.